The summed E-state index contributed by atoms with van der Waals surface area (Å²) in [4.78, 5) is 0. The molecule has 0 bridgehead atoms. The molecule has 0 spiro atoms. The summed E-state index contributed by atoms with van der Waals surface area (Å²) >= 11 is 0. The Hall–Kier alpha value is -2.49. The summed E-state index contributed by atoms with van der Waals surface area (Å²) in [5, 5.41) is 4.14. The zero-order valence-corrected chi connectivity index (χ0v) is 11.9. The van der Waals surface area contributed by atoms with E-state index in [-0.39, 0.29) is 5.82 Å². The lowest BCUT2D eigenvalue weighted by Gasteiger charge is -2.05. The van der Waals surface area contributed by atoms with Gasteiger partial charge in [-0.15, -0.1) is 0 Å². The van der Waals surface area contributed by atoms with Gasteiger partial charge in [-0.05, 0) is 36.8 Å². The molecule has 0 atom stereocenters. The standard InChI is InChI=1S/C17H16FNO2/c1-11-6-7-13(9-15(11)18)19-10-14-8-12-4-3-5-16(20-2)17(12)21-14/h3-9,19H,10H2,1-2H3. The highest BCUT2D eigenvalue weighted by Gasteiger charge is 2.08. The van der Waals surface area contributed by atoms with E-state index in [4.69, 9.17) is 9.15 Å². The number of ether oxygens (including phenoxy) is 1. The van der Waals surface area contributed by atoms with E-state index in [1.165, 1.54) is 6.07 Å². The van der Waals surface area contributed by atoms with E-state index in [9.17, 15) is 4.39 Å². The SMILES string of the molecule is COc1cccc2cc(CNc3ccc(C)c(F)c3)oc12. The Bertz CT molecular complexity index is 780. The molecule has 3 rings (SSSR count). The van der Waals surface area contributed by atoms with E-state index in [2.05, 4.69) is 5.32 Å². The summed E-state index contributed by atoms with van der Waals surface area (Å²) < 4.78 is 24.5. The van der Waals surface area contributed by atoms with Crippen LogP contribution in [0.25, 0.3) is 11.0 Å². The van der Waals surface area contributed by atoms with E-state index in [1.807, 2.05) is 30.3 Å². The van der Waals surface area contributed by atoms with Crippen molar-refractivity contribution in [2.75, 3.05) is 12.4 Å². The zero-order chi connectivity index (χ0) is 14.8. The second kappa shape index (κ2) is 5.48. The van der Waals surface area contributed by atoms with Gasteiger partial charge in [-0.3, -0.25) is 0 Å². The number of aryl methyl sites for hydroxylation is 1. The van der Waals surface area contributed by atoms with E-state index in [1.54, 1.807) is 20.1 Å². The first-order valence-corrected chi connectivity index (χ1v) is 6.73. The Labute approximate surface area is 122 Å². The minimum atomic E-state index is -0.216. The number of furan rings is 1. The molecule has 2 aromatic carbocycles. The number of para-hydroxylation sites is 1. The normalized spacial score (nSPS) is 10.8. The second-order valence-electron chi connectivity index (χ2n) is 4.91. The van der Waals surface area contributed by atoms with Crippen molar-refractivity contribution in [2.24, 2.45) is 0 Å². The van der Waals surface area contributed by atoms with Crippen molar-refractivity contribution < 1.29 is 13.5 Å². The van der Waals surface area contributed by atoms with Crippen molar-refractivity contribution in [3.8, 4) is 5.75 Å². The molecule has 21 heavy (non-hydrogen) atoms. The first-order valence-electron chi connectivity index (χ1n) is 6.73. The lowest BCUT2D eigenvalue weighted by Crippen LogP contribution is -1.98. The van der Waals surface area contributed by atoms with Gasteiger partial charge in [0, 0.05) is 11.1 Å². The summed E-state index contributed by atoms with van der Waals surface area (Å²) in [7, 11) is 1.62. The molecule has 1 heterocycles. The number of halogens is 1. The Morgan fingerprint density at radius 3 is 2.81 bits per heavy atom. The summed E-state index contributed by atoms with van der Waals surface area (Å²) in [6, 6.07) is 12.8. The third kappa shape index (κ3) is 2.70. The van der Waals surface area contributed by atoms with Crippen LogP contribution >= 0.6 is 0 Å². The van der Waals surface area contributed by atoms with Crippen LogP contribution < -0.4 is 10.1 Å². The minimum Gasteiger partial charge on any atom is -0.493 e. The average molecular weight is 285 g/mol. The van der Waals surface area contributed by atoms with E-state index < -0.39 is 0 Å². The lowest BCUT2D eigenvalue weighted by atomic mass is 10.2. The van der Waals surface area contributed by atoms with E-state index >= 15 is 0 Å². The summed E-state index contributed by atoms with van der Waals surface area (Å²) in [5.74, 6) is 1.27. The Balaban J connectivity index is 1.80. The summed E-state index contributed by atoms with van der Waals surface area (Å²) in [6.07, 6.45) is 0. The molecule has 0 amide bonds. The molecule has 1 N–H and O–H groups in total. The van der Waals surface area contributed by atoms with Crippen LogP contribution in [0.1, 0.15) is 11.3 Å². The van der Waals surface area contributed by atoms with Crippen molar-refractivity contribution in [3.63, 3.8) is 0 Å². The van der Waals surface area contributed by atoms with Crippen LogP contribution in [-0.4, -0.2) is 7.11 Å². The van der Waals surface area contributed by atoms with Gasteiger partial charge in [-0.1, -0.05) is 18.2 Å². The van der Waals surface area contributed by atoms with Crippen LogP contribution in [0.2, 0.25) is 0 Å². The molecule has 1 aromatic heterocycles. The predicted octanol–water partition coefficient (Wildman–Crippen LogP) is 4.50. The van der Waals surface area contributed by atoms with Crippen LogP contribution in [0, 0.1) is 12.7 Å². The number of fused-ring (bicyclic) bond motifs is 1. The van der Waals surface area contributed by atoms with Gasteiger partial charge in [0.15, 0.2) is 11.3 Å². The molecule has 4 heteroatoms. The maximum Gasteiger partial charge on any atom is 0.176 e. The lowest BCUT2D eigenvalue weighted by molar-refractivity contribution is 0.408. The molecule has 108 valence electrons. The van der Waals surface area contributed by atoms with Gasteiger partial charge >= 0.3 is 0 Å². The van der Waals surface area contributed by atoms with Gasteiger partial charge in [0.05, 0.1) is 13.7 Å². The van der Waals surface area contributed by atoms with Crippen LogP contribution in [0.3, 0.4) is 0 Å². The fourth-order valence-corrected chi connectivity index (χ4v) is 2.23. The molecule has 0 radical (unpaired) electrons. The quantitative estimate of drug-likeness (QED) is 0.766. The number of rotatable bonds is 4. The Morgan fingerprint density at radius 1 is 1.19 bits per heavy atom. The molecule has 3 nitrogen and oxygen atoms in total. The van der Waals surface area contributed by atoms with Gasteiger partial charge in [0.1, 0.15) is 11.6 Å². The molecular formula is C17H16FNO2. The first-order chi connectivity index (χ1) is 10.2. The summed E-state index contributed by atoms with van der Waals surface area (Å²) in [6.45, 7) is 2.23. The molecule has 0 saturated heterocycles. The van der Waals surface area contributed by atoms with Gasteiger partial charge in [0.25, 0.3) is 0 Å². The highest BCUT2D eigenvalue weighted by Crippen LogP contribution is 2.28. The van der Waals surface area contributed by atoms with Crippen molar-refractivity contribution >= 4 is 16.7 Å². The molecule has 0 unspecified atom stereocenters. The Kier molecular flexibility index (Phi) is 3.52. The molecule has 0 saturated carbocycles. The van der Waals surface area contributed by atoms with Gasteiger partial charge < -0.3 is 14.5 Å². The van der Waals surface area contributed by atoms with Gasteiger partial charge in [-0.2, -0.15) is 0 Å². The monoisotopic (exact) mass is 285 g/mol. The number of methoxy groups -OCH3 is 1. The number of nitrogens with one attached hydrogen (secondary N) is 1. The zero-order valence-electron chi connectivity index (χ0n) is 11.9. The van der Waals surface area contributed by atoms with Crippen molar-refractivity contribution in [3.05, 3.63) is 59.6 Å². The fraction of sp³-hybridized carbons (Fsp3) is 0.176. The first kappa shape index (κ1) is 13.5. The van der Waals surface area contributed by atoms with Gasteiger partial charge in [-0.25, -0.2) is 4.39 Å². The van der Waals surface area contributed by atoms with E-state index in [0.29, 0.717) is 17.9 Å². The number of hydrogen-bond donors (Lipinski definition) is 1. The highest BCUT2D eigenvalue weighted by atomic mass is 19.1. The molecule has 0 aliphatic heterocycles. The number of hydrogen-bond acceptors (Lipinski definition) is 3. The predicted molar refractivity (Wildman–Crippen MR) is 81.2 cm³/mol. The van der Waals surface area contributed by atoms with Crippen LogP contribution in [0.15, 0.2) is 46.9 Å². The Morgan fingerprint density at radius 2 is 2.05 bits per heavy atom. The van der Waals surface area contributed by atoms with Crippen molar-refractivity contribution in [1.82, 2.24) is 0 Å². The molecular weight excluding hydrogens is 269 g/mol. The van der Waals surface area contributed by atoms with Crippen LogP contribution in [0.5, 0.6) is 5.75 Å². The molecule has 0 fully saturated rings. The average Bonchev–Trinajstić information content (AvgIpc) is 2.91. The van der Waals surface area contributed by atoms with E-state index in [0.717, 1.165) is 22.4 Å². The largest absolute Gasteiger partial charge is 0.493 e. The second-order valence-corrected chi connectivity index (χ2v) is 4.91. The maximum atomic E-state index is 13.5. The fourth-order valence-electron chi connectivity index (χ4n) is 2.23. The van der Waals surface area contributed by atoms with Crippen molar-refractivity contribution in [2.45, 2.75) is 13.5 Å². The molecule has 0 aliphatic rings. The third-order valence-electron chi connectivity index (χ3n) is 3.42. The number of benzene rings is 2. The van der Waals surface area contributed by atoms with Gasteiger partial charge in [0.2, 0.25) is 0 Å². The smallest absolute Gasteiger partial charge is 0.176 e. The van der Waals surface area contributed by atoms with Crippen LogP contribution in [0.4, 0.5) is 10.1 Å². The van der Waals surface area contributed by atoms with Crippen molar-refractivity contribution in [1.29, 1.82) is 0 Å². The summed E-state index contributed by atoms with van der Waals surface area (Å²) in [5.41, 5.74) is 2.09. The minimum absolute atomic E-state index is 0.216. The number of anilines is 1. The molecule has 3 aromatic rings. The molecule has 0 aliphatic carbocycles. The highest BCUT2D eigenvalue weighted by molar-refractivity contribution is 5.83. The topological polar surface area (TPSA) is 34.4 Å². The van der Waals surface area contributed by atoms with Crippen LogP contribution in [-0.2, 0) is 6.54 Å². The third-order valence-corrected chi connectivity index (χ3v) is 3.42. The maximum absolute atomic E-state index is 13.5.